The number of nitro benzene ring substituents is 1. The first-order chi connectivity index (χ1) is 11.9. The van der Waals surface area contributed by atoms with E-state index in [-0.39, 0.29) is 34.1 Å². The van der Waals surface area contributed by atoms with Crippen LogP contribution in [0.1, 0.15) is 43.0 Å². The molecule has 3 rings (SSSR count). The van der Waals surface area contributed by atoms with Gasteiger partial charge in [0.25, 0.3) is 5.69 Å². The fraction of sp³-hybridized carbons (Fsp3) is 0.444. The first kappa shape index (κ1) is 17.6. The van der Waals surface area contributed by atoms with Crippen molar-refractivity contribution in [2.45, 2.75) is 32.6 Å². The molecule has 2 aliphatic rings. The van der Waals surface area contributed by atoms with E-state index in [4.69, 9.17) is 16.3 Å². The lowest BCUT2D eigenvalue weighted by Gasteiger charge is -2.38. The summed E-state index contributed by atoms with van der Waals surface area (Å²) >= 11 is 5.77. The molecule has 0 heterocycles. The van der Waals surface area contributed by atoms with Gasteiger partial charge in [-0.1, -0.05) is 31.4 Å². The van der Waals surface area contributed by atoms with Gasteiger partial charge in [0.2, 0.25) is 0 Å². The molecule has 2 aliphatic carbocycles. The maximum absolute atomic E-state index is 12.5. The van der Waals surface area contributed by atoms with Crippen molar-refractivity contribution in [3.05, 3.63) is 50.7 Å². The first-order valence-electron chi connectivity index (χ1n) is 8.30. The summed E-state index contributed by atoms with van der Waals surface area (Å²) in [7, 11) is 0. The monoisotopic (exact) mass is 363 g/mol. The van der Waals surface area contributed by atoms with E-state index in [2.05, 4.69) is 0 Å². The molecule has 3 atom stereocenters. The quantitative estimate of drug-likeness (QED) is 0.453. The number of carbonyl (C=O) groups is 2. The highest BCUT2D eigenvalue weighted by atomic mass is 35.5. The van der Waals surface area contributed by atoms with Crippen molar-refractivity contribution in [1.82, 2.24) is 0 Å². The van der Waals surface area contributed by atoms with E-state index in [1.807, 2.05) is 6.92 Å². The van der Waals surface area contributed by atoms with E-state index in [0.717, 1.165) is 31.7 Å². The van der Waals surface area contributed by atoms with E-state index in [1.54, 1.807) is 0 Å². The number of hydrogen-bond donors (Lipinski definition) is 0. The number of ketones is 1. The molecule has 0 aliphatic heterocycles. The molecule has 1 aromatic rings. The minimum Gasteiger partial charge on any atom is -0.427 e. The van der Waals surface area contributed by atoms with Gasteiger partial charge in [-0.3, -0.25) is 14.9 Å². The van der Waals surface area contributed by atoms with Gasteiger partial charge in [0.05, 0.1) is 4.92 Å². The Morgan fingerprint density at radius 3 is 2.76 bits per heavy atom. The van der Waals surface area contributed by atoms with Crippen LogP contribution in [0.15, 0.2) is 30.0 Å². The van der Waals surface area contributed by atoms with Crippen LogP contribution in [0, 0.1) is 27.9 Å². The number of esters is 1. The van der Waals surface area contributed by atoms with Crippen molar-refractivity contribution in [1.29, 1.82) is 0 Å². The zero-order chi connectivity index (χ0) is 18.1. The fourth-order valence-corrected chi connectivity index (χ4v) is 3.96. The fourth-order valence-electron chi connectivity index (χ4n) is 3.80. The van der Waals surface area contributed by atoms with Gasteiger partial charge < -0.3 is 4.74 Å². The van der Waals surface area contributed by atoms with Crippen LogP contribution < -0.4 is 0 Å². The van der Waals surface area contributed by atoms with Crippen LogP contribution in [0.4, 0.5) is 5.69 Å². The SMILES string of the molecule is CC1C(=O)C=C(OC(=O)c2ccc(Cl)cc2[N+](=O)[O-])C2CCCCC12. The van der Waals surface area contributed by atoms with E-state index in [9.17, 15) is 19.7 Å². The largest absolute Gasteiger partial charge is 0.427 e. The van der Waals surface area contributed by atoms with E-state index >= 15 is 0 Å². The average molecular weight is 364 g/mol. The number of rotatable bonds is 3. The molecule has 0 radical (unpaired) electrons. The molecule has 6 nitrogen and oxygen atoms in total. The number of carbonyl (C=O) groups excluding carboxylic acids is 2. The normalized spacial score (nSPS) is 25.8. The Morgan fingerprint density at radius 1 is 1.32 bits per heavy atom. The molecule has 1 saturated carbocycles. The lowest BCUT2D eigenvalue weighted by Crippen LogP contribution is -2.36. The Balaban J connectivity index is 1.89. The van der Waals surface area contributed by atoms with Crippen molar-refractivity contribution < 1.29 is 19.2 Å². The van der Waals surface area contributed by atoms with Crippen molar-refractivity contribution in [3.63, 3.8) is 0 Å². The van der Waals surface area contributed by atoms with Gasteiger partial charge in [0, 0.05) is 29.0 Å². The summed E-state index contributed by atoms with van der Waals surface area (Å²) in [5, 5.41) is 11.3. The molecule has 0 aromatic heterocycles. The predicted molar refractivity (Wildman–Crippen MR) is 91.2 cm³/mol. The second-order valence-electron chi connectivity index (χ2n) is 6.60. The smallest absolute Gasteiger partial charge is 0.350 e. The molecule has 0 spiro atoms. The third kappa shape index (κ3) is 3.44. The third-order valence-corrected chi connectivity index (χ3v) is 5.38. The lowest BCUT2D eigenvalue weighted by atomic mass is 9.68. The summed E-state index contributed by atoms with van der Waals surface area (Å²) in [6.45, 7) is 1.91. The zero-order valence-corrected chi connectivity index (χ0v) is 14.5. The van der Waals surface area contributed by atoms with Gasteiger partial charge in [0.15, 0.2) is 5.78 Å². The Hall–Kier alpha value is -2.21. The predicted octanol–water partition coefficient (Wildman–Crippen LogP) is 4.31. The maximum Gasteiger partial charge on any atom is 0.350 e. The second kappa shape index (κ2) is 6.96. The van der Waals surface area contributed by atoms with E-state index < -0.39 is 16.6 Å². The van der Waals surface area contributed by atoms with Crippen LogP contribution in [-0.2, 0) is 9.53 Å². The zero-order valence-electron chi connectivity index (χ0n) is 13.7. The third-order valence-electron chi connectivity index (χ3n) is 5.15. The number of benzene rings is 1. The maximum atomic E-state index is 12.5. The van der Waals surface area contributed by atoms with Crippen molar-refractivity contribution in [2.24, 2.45) is 17.8 Å². The Labute approximate surface area is 150 Å². The highest BCUT2D eigenvalue weighted by Gasteiger charge is 2.40. The Kier molecular flexibility index (Phi) is 4.90. The number of allylic oxidation sites excluding steroid dienone is 2. The average Bonchev–Trinajstić information content (AvgIpc) is 2.59. The summed E-state index contributed by atoms with van der Waals surface area (Å²) in [6.07, 6.45) is 5.23. The number of hydrogen-bond acceptors (Lipinski definition) is 5. The van der Waals surface area contributed by atoms with Crippen molar-refractivity contribution in [3.8, 4) is 0 Å². The van der Waals surface area contributed by atoms with Crippen LogP contribution in [0.25, 0.3) is 0 Å². The summed E-state index contributed by atoms with van der Waals surface area (Å²) in [6, 6.07) is 3.79. The molecule has 0 N–H and O–H groups in total. The Bertz CT molecular complexity index is 773. The summed E-state index contributed by atoms with van der Waals surface area (Å²) in [4.78, 5) is 35.2. The van der Waals surface area contributed by atoms with Crippen LogP contribution in [0.5, 0.6) is 0 Å². The molecule has 3 unspecified atom stereocenters. The van der Waals surface area contributed by atoms with Gasteiger partial charge in [-0.2, -0.15) is 0 Å². The number of fused-ring (bicyclic) bond motifs is 1. The minimum absolute atomic E-state index is 0.0109. The van der Waals surface area contributed by atoms with Gasteiger partial charge in [-0.05, 0) is 30.9 Å². The van der Waals surface area contributed by atoms with E-state index in [1.165, 1.54) is 18.2 Å². The highest BCUT2D eigenvalue weighted by molar-refractivity contribution is 6.31. The van der Waals surface area contributed by atoms with Crippen molar-refractivity contribution in [2.75, 3.05) is 0 Å². The molecule has 132 valence electrons. The van der Waals surface area contributed by atoms with Crippen LogP contribution >= 0.6 is 11.6 Å². The molecule has 7 heteroatoms. The highest BCUT2D eigenvalue weighted by Crippen LogP contribution is 2.43. The second-order valence-corrected chi connectivity index (χ2v) is 7.04. The number of halogens is 1. The summed E-state index contributed by atoms with van der Waals surface area (Å²) in [5.41, 5.74) is -0.581. The molecule has 25 heavy (non-hydrogen) atoms. The number of ether oxygens (including phenoxy) is 1. The number of nitro groups is 1. The minimum atomic E-state index is -0.832. The molecular formula is C18H18ClNO5. The molecular weight excluding hydrogens is 346 g/mol. The van der Waals surface area contributed by atoms with E-state index in [0.29, 0.717) is 5.76 Å². The van der Waals surface area contributed by atoms with Gasteiger partial charge in [0.1, 0.15) is 11.3 Å². The Morgan fingerprint density at radius 2 is 2.04 bits per heavy atom. The van der Waals surface area contributed by atoms with Crippen LogP contribution in [0.2, 0.25) is 5.02 Å². The first-order valence-corrected chi connectivity index (χ1v) is 8.68. The number of nitrogens with zero attached hydrogens (tertiary/aromatic N) is 1. The van der Waals surface area contributed by atoms with Crippen molar-refractivity contribution >= 4 is 29.0 Å². The lowest BCUT2D eigenvalue weighted by molar-refractivity contribution is -0.385. The molecule has 0 saturated heterocycles. The standard InChI is InChI=1S/C18H18ClNO5/c1-10-12-4-2-3-5-13(12)17(9-16(10)21)25-18(22)14-7-6-11(19)8-15(14)20(23)24/h6-10,12-13H,2-5H2,1H3. The topological polar surface area (TPSA) is 86.5 Å². The van der Waals surface area contributed by atoms with Gasteiger partial charge in [-0.25, -0.2) is 4.79 Å². The van der Waals surface area contributed by atoms with Gasteiger partial charge >= 0.3 is 5.97 Å². The van der Waals surface area contributed by atoms with Crippen LogP contribution in [-0.4, -0.2) is 16.7 Å². The van der Waals surface area contributed by atoms with Crippen LogP contribution in [0.3, 0.4) is 0 Å². The summed E-state index contributed by atoms with van der Waals surface area (Å²) < 4.78 is 5.45. The molecule has 0 amide bonds. The summed E-state index contributed by atoms with van der Waals surface area (Å²) in [5.74, 6) is -0.469. The van der Waals surface area contributed by atoms with Gasteiger partial charge in [-0.15, -0.1) is 0 Å². The molecule has 0 bridgehead atoms. The molecule has 1 fully saturated rings. The molecule has 1 aromatic carbocycles.